The maximum Gasteiger partial charge on any atom is 0.417 e. The van der Waals surface area contributed by atoms with Crippen molar-refractivity contribution in [1.29, 1.82) is 0 Å². The number of carbonyl (C=O) groups excluding carboxylic acids is 1. The molecule has 4 rings (SSSR count). The van der Waals surface area contributed by atoms with E-state index in [4.69, 9.17) is 5.73 Å². The van der Waals surface area contributed by atoms with Crippen LogP contribution in [0.5, 0.6) is 0 Å². The minimum atomic E-state index is -4.54. The zero-order valence-corrected chi connectivity index (χ0v) is 15.2. The van der Waals surface area contributed by atoms with E-state index in [-0.39, 0.29) is 23.2 Å². The fraction of sp³-hybridized carbons (Fsp3) is 0.238. The first-order valence-electron chi connectivity index (χ1n) is 9.12. The van der Waals surface area contributed by atoms with Crippen molar-refractivity contribution in [2.24, 2.45) is 5.73 Å². The predicted molar refractivity (Wildman–Crippen MR) is 103 cm³/mol. The number of aromatic nitrogens is 1. The number of benzene rings is 2. The third-order valence-electron chi connectivity index (χ3n) is 5.26. The summed E-state index contributed by atoms with van der Waals surface area (Å²) in [5.41, 5.74) is 4.96. The lowest BCUT2D eigenvalue weighted by atomic mass is 9.93. The van der Waals surface area contributed by atoms with Crippen LogP contribution in [-0.4, -0.2) is 23.5 Å². The van der Waals surface area contributed by atoms with Crippen molar-refractivity contribution in [3.05, 3.63) is 70.0 Å². The van der Waals surface area contributed by atoms with Crippen LogP contribution in [0.3, 0.4) is 0 Å². The Balaban J connectivity index is 1.79. The summed E-state index contributed by atoms with van der Waals surface area (Å²) in [4.78, 5) is 27.4. The Bertz CT molecular complexity index is 1150. The SMILES string of the molecule is NCC1CC(c2ccc3cc(-c4ccccc4C(F)(F)F)[nH]c(=O)c3c2)C(=O)N1. The van der Waals surface area contributed by atoms with Crippen LogP contribution in [0.15, 0.2) is 53.3 Å². The lowest BCUT2D eigenvalue weighted by Gasteiger charge is -2.14. The van der Waals surface area contributed by atoms with Gasteiger partial charge in [0.1, 0.15) is 0 Å². The van der Waals surface area contributed by atoms with Crippen LogP contribution in [0, 0.1) is 0 Å². The molecule has 8 heteroatoms. The highest BCUT2D eigenvalue weighted by molar-refractivity contribution is 5.90. The van der Waals surface area contributed by atoms with E-state index in [1.807, 2.05) is 0 Å². The monoisotopic (exact) mass is 401 g/mol. The molecule has 1 fully saturated rings. The number of alkyl halides is 3. The molecule has 4 N–H and O–H groups in total. The van der Waals surface area contributed by atoms with Gasteiger partial charge in [0.25, 0.3) is 5.56 Å². The predicted octanol–water partition coefficient (Wildman–Crippen LogP) is 3.14. The van der Waals surface area contributed by atoms with Crippen molar-refractivity contribution in [3.8, 4) is 11.3 Å². The Morgan fingerprint density at radius 3 is 2.52 bits per heavy atom. The van der Waals surface area contributed by atoms with Crippen LogP contribution in [-0.2, 0) is 11.0 Å². The van der Waals surface area contributed by atoms with Gasteiger partial charge in [0.15, 0.2) is 0 Å². The lowest BCUT2D eigenvalue weighted by Crippen LogP contribution is -2.32. The summed E-state index contributed by atoms with van der Waals surface area (Å²) >= 11 is 0. The highest BCUT2D eigenvalue weighted by Gasteiger charge is 2.34. The molecule has 1 aromatic heterocycles. The molecule has 1 amide bonds. The first kappa shape index (κ1) is 19.2. The van der Waals surface area contributed by atoms with Gasteiger partial charge in [-0.05, 0) is 35.6 Å². The van der Waals surface area contributed by atoms with Gasteiger partial charge in [-0.25, -0.2) is 0 Å². The highest BCUT2D eigenvalue weighted by atomic mass is 19.4. The topological polar surface area (TPSA) is 88.0 Å². The van der Waals surface area contributed by atoms with Crippen LogP contribution >= 0.6 is 0 Å². The number of amides is 1. The Morgan fingerprint density at radius 2 is 1.83 bits per heavy atom. The van der Waals surface area contributed by atoms with Crippen molar-refractivity contribution in [2.45, 2.75) is 24.6 Å². The van der Waals surface area contributed by atoms with Gasteiger partial charge in [-0.1, -0.05) is 30.3 Å². The van der Waals surface area contributed by atoms with Gasteiger partial charge < -0.3 is 16.0 Å². The standard InChI is InChI=1S/C21H18F3N3O2/c22-21(23,24)17-4-2-1-3-14(17)18-8-12-6-5-11(7-15(12)20(29)27-18)16-9-13(10-25)26-19(16)28/h1-8,13,16H,9-10,25H2,(H,26,28)(H,27,29). The maximum absolute atomic E-state index is 13.3. The molecule has 3 aromatic rings. The van der Waals surface area contributed by atoms with Crippen molar-refractivity contribution in [1.82, 2.24) is 10.3 Å². The van der Waals surface area contributed by atoms with Gasteiger partial charge in [-0.3, -0.25) is 9.59 Å². The minimum absolute atomic E-state index is 0.0879. The molecule has 150 valence electrons. The van der Waals surface area contributed by atoms with Crippen molar-refractivity contribution >= 4 is 16.7 Å². The lowest BCUT2D eigenvalue weighted by molar-refractivity contribution is -0.137. The van der Waals surface area contributed by atoms with Crippen LogP contribution in [0.25, 0.3) is 22.0 Å². The number of halogens is 3. The molecule has 2 heterocycles. The van der Waals surface area contributed by atoms with E-state index in [1.54, 1.807) is 18.2 Å². The van der Waals surface area contributed by atoms with E-state index in [2.05, 4.69) is 10.3 Å². The largest absolute Gasteiger partial charge is 0.417 e. The van der Waals surface area contributed by atoms with Gasteiger partial charge in [-0.15, -0.1) is 0 Å². The summed E-state index contributed by atoms with van der Waals surface area (Å²) in [5.74, 6) is -0.551. The molecule has 5 nitrogen and oxygen atoms in total. The second kappa shape index (κ2) is 7.04. The molecule has 2 unspecified atom stereocenters. The van der Waals surface area contributed by atoms with E-state index in [0.29, 0.717) is 29.3 Å². The normalized spacial score (nSPS) is 19.5. The number of rotatable bonds is 3. The molecule has 0 saturated carbocycles. The number of H-pyrrole nitrogens is 1. The molecule has 0 spiro atoms. The molecule has 0 aliphatic carbocycles. The minimum Gasteiger partial charge on any atom is -0.352 e. The first-order chi connectivity index (χ1) is 13.8. The number of hydrogen-bond acceptors (Lipinski definition) is 3. The third-order valence-corrected chi connectivity index (χ3v) is 5.26. The molecule has 2 aromatic carbocycles. The smallest absolute Gasteiger partial charge is 0.352 e. The molecular formula is C21H18F3N3O2. The molecule has 0 bridgehead atoms. The van der Waals surface area contributed by atoms with Gasteiger partial charge in [0.2, 0.25) is 5.91 Å². The van der Waals surface area contributed by atoms with Gasteiger partial charge >= 0.3 is 6.18 Å². The zero-order chi connectivity index (χ0) is 20.8. The summed E-state index contributed by atoms with van der Waals surface area (Å²) in [7, 11) is 0. The van der Waals surface area contributed by atoms with Crippen molar-refractivity contribution in [3.63, 3.8) is 0 Å². The summed E-state index contributed by atoms with van der Waals surface area (Å²) in [6.07, 6.45) is -4.00. The second-order valence-corrected chi connectivity index (χ2v) is 7.13. The summed E-state index contributed by atoms with van der Waals surface area (Å²) in [6.45, 7) is 0.332. The van der Waals surface area contributed by atoms with Crippen LogP contribution in [0.1, 0.15) is 23.5 Å². The van der Waals surface area contributed by atoms with Crippen LogP contribution in [0.4, 0.5) is 13.2 Å². The number of pyridine rings is 1. The second-order valence-electron chi connectivity index (χ2n) is 7.13. The van der Waals surface area contributed by atoms with Gasteiger partial charge in [0.05, 0.1) is 11.5 Å². The van der Waals surface area contributed by atoms with E-state index < -0.39 is 23.2 Å². The molecule has 1 saturated heterocycles. The van der Waals surface area contributed by atoms with E-state index in [0.717, 1.165) is 6.07 Å². The number of aromatic amines is 1. The Morgan fingerprint density at radius 1 is 1.07 bits per heavy atom. The molecule has 2 atom stereocenters. The average Bonchev–Trinajstić information content (AvgIpc) is 3.08. The maximum atomic E-state index is 13.3. The summed E-state index contributed by atoms with van der Waals surface area (Å²) < 4.78 is 40.0. The highest BCUT2D eigenvalue weighted by Crippen LogP contribution is 2.36. The van der Waals surface area contributed by atoms with Gasteiger partial charge in [-0.2, -0.15) is 13.2 Å². The third kappa shape index (κ3) is 3.51. The quantitative estimate of drug-likeness (QED) is 0.630. The van der Waals surface area contributed by atoms with E-state index in [9.17, 15) is 22.8 Å². The van der Waals surface area contributed by atoms with Crippen molar-refractivity contribution < 1.29 is 18.0 Å². The number of fused-ring (bicyclic) bond motifs is 1. The van der Waals surface area contributed by atoms with Crippen LogP contribution < -0.4 is 16.6 Å². The van der Waals surface area contributed by atoms with Crippen LogP contribution in [0.2, 0.25) is 0 Å². The molecular weight excluding hydrogens is 383 g/mol. The fourth-order valence-electron chi connectivity index (χ4n) is 3.80. The Hall–Kier alpha value is -3.13. The Kier molecular flexibility index (Phi) is 4.66. The van der Waals surface area contributed by atoms with Crippen molar-refractivity contribution in [2.75, 3.05) is 6.54 Å². The molecule has 1 aliphatic rings. The number of carbonyl (C=O) groups is 1. The molecule has 29 heavy (non-hydrogen) atoms. The van der Waals surface area contributed by atoms with E-state index >= 15 is 0 Å². The fourth-order valence-corrected chi connectivity index (χ4v) is 3.80. The summed E-state index contributed by atoms with van der Waals surface area (Å²) in [5, 5.41) is 3.63. The Labute approximate surface area is 163 Å². The molecule has 1 aliphatic heterocycles. The summed E-state index contributed by atoms with van der Waals surface area (Å²) in [6, 6.07) is 11.5. The average molecular weight is 401 g/mol. The number of nitrogens with one attached hydrogen (secondary N) is 2. The zero-order valence-electron chi connectivity index (χ0n) is 15.2. The first-order valence-corrected chi connectivity index (χ1v) is 9.12. The molecule has 0 radical (unpaired) electrons. The van der Waals surface area contributed by atoms with Gasteiger partial charge in [0, 0.05) is 29.2 Å². The number of nitrogens with two attached hydrogens (primary N) is 1. The number of hydrogen-bond donors (Lipinski definition) is 3. The van der Waals surface area contributed by atoms with E-state index in [1.165, 1.54) is 24.3 Å².